The topological polar surface area (TPSA) is 49.3 Å². The van der Waals surface area contributed by atoms with Gasteiger partial charge in [0.1, 0.15) is 5.82 Å². The Bertz CT molecular complexity index is 501. The first-order valence-corrected chi connectivity index (χ1v) is 5.64. The molecule has 0 aliphatic heterocycles. The molecule has 0 heterocycles. The molecule has 1 amide bonds. The first-order chi connectivity index (χ1) is 8.79. The number of alkyl halides is 3. The average Bonchev–Trinajstić information content (AvgIpc) is 2.31. The largest absolute Gasteiger partial charge is 0.471 e. The molecule has 1 aromatic carbocycles. The van der Waals surface area contributed by atoms with E-state index >= 15 is 0 Å². The molecule has 2 rings (SSSR count). The second kappa shape index (κ2) is 4.80. The molecular weight excluding hydrogens is 266 g/mol. The van der Waals surface area contributed by atoms with Crippen molar-refractivity contribution in [2.75, 3.05) is 0 Å². The minimum absolute atomic E-state index is 0.124. The molecular formula is C12H11F4NO2. The molecule has 2 N–H and O–H groups in total. The highest BCUT2D eigenvalue weighted by Gasteiger charge is 2.41. The fourth-order valence-corrected chi connectivity index (χ4v) is 2.18. The van der Waals surface area contributed by atoms with E-state index in [1.165, 1.54) is 6.07 Å². The summed E-state index contributed by atoms with van der Waals surface area (Å²) in [6.07, 6.45) is -5.50. The van der Waals surface area contributed by atoms with Gasteiger partial charge in [0.25, 0.3) is 0 Å². The molecule has 3 nitrogen and oxygen atoms in total. The second-order valence-electron chi connectivity index (χ2n) is 4.39. The van der Waals surface area contributed by atoms with Crippen molar-refractivity contribution in [2.24, 2.45) is 0 Å². The van der Waals surface area contributed by atoms with Crippen molar-refractivity contribution in [3.8, 4) is 0 Å². The first kappa shape index (κ1) is 13.8. The van der Waals surface area contributed by atoms with Crippen molar-refractivity contribution < 1.29 is 27.5 Å². The zero-order valence-corrected chi connectivity index (χ0v) is 9.67. The Balaban J connectivity index is 2.28. The lowest BCUT2D eigenvalue weighted by Gasteiger charge is -2.29. The number of fused-ring (bicyclic) bond motifs is 1. The summed E-state index contributed by atoms with van der Waals surface area (Å²) < 4.78 is 49.8. The highest BCUT2D eigenvalue weighted by atomic mass is 19.4. The minimum Gasteiger partial charge on any atom is -0.388 e. The van der Waals surface area contributed by atoms with E-state index in [0.29, 0.717) is 5.56 Å². The molecule has 1 aliphatic carbocycles. The molecule has 2 atom stereocenters. The molecule has 0 spiro atoms. The predicted molar refractivity (Wildman–Crippen MR) is 57.5 cm³/mol. The van der Waals surface area contributed by atoms with E-state index in [-0.39, 0.29) is 18.4 Å². The number of aliphatic hydroxyl groups excluding tert-OH is 1. The molecule has 0 saturated carbocycles. The Hall–Kier alpha value is -1.63. The van der Waals surface area contributed by atoms with Crippen LogP contribution in [0.25, 0.3) is 0 Å². The van der Waals surface area contributed by atoms with E-state index in [1.807, 2.05) is 5.32 Å². The standard InChI is InChI=1S/C12H11F4NO2/c13-6-1-2-7-8(5-6)9(3-4-10(7)18)17-11(19)12(14,15)16/h1-2,5,9-10,18H,3-4H2,(H,17,19)/t9-,10-/m1/s1. The summed E-state index contributed by atoms with van der Waals surface area (Å²) >= 11 is 0. The van der Waals surface area contributed by atoms with Gasteiger partial charge in [-0.2, -0.15) is 13.2 Å². The van der Waals surface area contributed by atoms with Crippen LogP contribution in [0.1, 0.15) is 36.1 Å². The molecule has 1 aromatic rings. The maximum atomic E-state index is 13.1. The van der Waals surface area contributed by atoms with Gasteiger partial charge < -0.3 is 10.4 Å². The van der Waals surface area contributed by atoms with Crippen LogP contribution in [-0.4, -0.2) is 17.2 Å². The van der Waals surface area contributed by atoms with Crippen LogP contribution >= 0.6 is 0 Å². The number of rotatable bonds is 1. The Morgan fingerprint density at radius 1 is 1.26 bits per heavy atom. The van der Waals surface area contributed by atoms with Gasteiger partial charge in [-0.1, -0.05) is 6.07 Å². The SMILES string of the molecule is O=C(N[C@@H]1CC[C@@H](O)c2ccc(F)cc21)C(F)(F)F. The molecule has 0 radical (unpaired) electrons. The molecule has 19 heavy (non-hydrogen) atoms. The van der Waals surface area contributed by atoms with Crippen LogP contribution in [0.5, 0.6) is 0 Å². The first-order valence-electron chi connectivity index (χ1n) is 5.64. The van der Waals surface area contributed by atoms with Gasteiger partial charge in [-0.15, -0.1) is 0 Å². The maximum Gasteiger partial charge on any atom is 0.471 e. The van der Waals surface area contributed by atoms with Crippen LogP contribution in [0, 0.1) is 5.82 Å². The van der Waals surface area contributed by atoms with Gasteiger partial charge in [0.2, 0.25) is 0 Å². The number of amides is 1. The molecule has 0 fully saturated rings. The van der Waals surface area contributed by atoms with Gasteiger partial charge in [-0.05, 0) is 36.1 Å². The highest BCUT2D eigenvalue weighted by Crippen LogP contribution is 2.36. The summed E-state index contributed by atoms with van der Waals surface area (Å²) in [4.78, 5) is 10.9. The quantitative estimate of drug-likeness (QED) is 0.774. The number of halogens is 4. The number of hydrogen-bond donors (Lipinski definition) is 2. The summed E-state index contributed by atoms with van der Waals surface area (Å²) in [7, 11) is 0. The van der Waals surface area contributed by atoms with Gasteiger partial charge in [0, 0.05) is 0 Å². The van der Waals surface area contributed by atoms with Crippen LogP contribution in [0.4, 0.5) is 17.6 Å². The van der Waals surface area contributed by atoms with E-state index in [1.54, 1.807) is 0 Å². The van der Waals surface area contributed by atoms with Gasteiger partial charge >= 0.3 is 12.1 Å². The Kier molecular flexibility index (Phi) is 3.49. The third-order valence-electron chi connectivity index (χ3n) is 3.07. The molecule has 0 saturated heterocycles. The van der Waals surface area contributed by atoms with Gasteiger partial charge in [0.05, 0.1) is 12.1 Å². The smallest absolute Gasteiger partial charge is 0.388 e. The van der Waals surface area contributed by atoms with Crippen molar-refractivity contribution in [3.63, 3.8) is 0 Å². The summed E-state index contributed by atoms with van der Waals surface area (Å²) in [5.74, 6) is -2.69. The van der Waals surface area contributed by atoms with Crippen LogP contribution in [0.3, 0.4) is 0 Å². The van der Waals surface area contributed by atoms with Gasteiger partial charge in [0.15, 0.2) is 0 Å². The van der Waals surface area contributed by atoms with Crippen LogP contribution in [0.2, 0.25) is 0 Å². The van der Waals surface area contributed by atoms with E-state index in [9.17, 15) is 27.5 Å². The minimum atomic E-state index is -4.98. The number of hydrogen-bond acceptors (Lipinski definition) is 2. The number of aliphatic hydroxyl groups is 1. The molecule has 0 bridgehead atoms. The van der Waals surface area contributed by atoms with E-state index in [2.05, 4.69) is 0 Å². The summed E-state index contributed by atoms with van der Waals surface area (Å²) in [6, 6.07) is 2.54. The van der Waals surface area contributed by atoms with E-state index in [4.69, 9.17) is 0 Å². The molecule has 0 aromatic heterocycles. The highest BCUT2D eigenvalue weighted by molar-refractivity contribution is 5.82. The van der Waals surface area contributed by atoms with Crippen molar-refractivity contribution in [1.29, 1.82) is 0 Å². The zero-order chi connectivity index (χ0) is 14.2. The van der Waals surface area contributed by atoms with Crippen LogP contribution in [0.15, 0.2) is 18.2 Å². The van der Waals surface area contributed by atoms with Gasteiger partial charge in [-0.3, -0.25) is 4.79 Å². The lowest BCUT2D eigenvalue weighted by molar-refractivity contribution is -0.174. The fourth-order valence-electron chi connectivity index (χ4n) is 2.18. The maximum absolute atomic E-state index is 13.1. The Morgan fingerprint density at radius 2 is 1.95 bits per heavy atom. The van der Waals surface area contributed by atoms with Crippen molar-refractivity contribution >= 4 is 5.91 Å². The lowest BCUT2D eigenvalue weighted by atomic mass is 9.85. The lowest BCUT2D eigenvalue weighted by Crippen LogP contribution is -2.40. The third kappa shape index (κ3) is 2.86. The normalized spacial score (nSPS) is 22.8. The zero-order valence-electron chi connectivity index (χ0n) is 9.67. The van der Waals surface area contributed by atoms with Crippen LogP contribution in [-0.2, 0) is 4.79 Å². The van der Waals surface area contributed by atoms with E-state index < -0.39 is 30.0 Å². The van der Waals surface area contributed by atoms with E-state index in [0.717, 1.165) is 12.1 Å². The molecule has 1 aliphatic rings. The third-order valence-corrected chi connectivity index (χ3v) is 3.07. The molecule has 104 valence electrons. The van der Waals surface area contributed by atoms with Crippen molar-refractivity contribution in [3.05, 3.63) is 35.1 Å². The summed E-state index contributed by atoms with van der Waals surface area (Å²) in [5.41, 5.74) is 0.538. The second-order valence-corrected chi connectivity index (χ2v) is 4.39. The average molecular weight is 277 g/mol. The number of carbonyl (C=O) groups is 1. The predicted octanol–water partition coefficient (Wildman–Crippen LogP) is 2.37. The monoisotopic (exact) mass is 277 g/mol. The molecule has 7 heteroatoms. The van der Waals surface area contributed by atoms with Crippen molar-refractivity contribution in [1.82, 2.24) is 5.32 Å². The Morgan fingerprint density at radius 3 is 2.58 bits per heavy atom. The molecule has 0 unspecified atom stereocenters. The van der Waals surface area contributed by atoms with Gasteiger partial charge in [-0.25, -0.2) is 4.39 Å². The number of carbonyl (C=O) groups excluding carboxylic acids is 1. The summed E-state index contributed by atoms with van der Waals surface area (Å²) in [5, 5.41) is 11.5. The van der Waals surface area contributed by atoms with Crippen LogP contribution < -0.4 is 5.32 Å². The number of benzene rings is 1. The summed E-state index contributed by atoms with van der Waals surface area (Å²) in [6.45, 7) is 0. The number of nitrogens with one attached hydrogen (secondary N) is 1. The van der Waals surface area contributed by atoms with Crippen molar-refractivity contribution in [2.45, 2.75) is 31.2 Å². The Labute approximate surface area is 106 Å². The fraction of sp³-hybridized carbons (Fsp3) is 0.417.